The molecule has 0 aliphatic carbocycles. The van der Waals surface area contributed by atoms with E-state index in [2.05, 4.69) is 16.7 Å². The van der Waals surface area contributed by atoms with Crippen molar-refractivity contribution in [1.29, 1.82) is 0 Å². The number of anilines is 2. The highest BCUT2D eigenvalue weighted by Gasteiger charge is 2.39. The van der Waals surface area contributed by atoms with Crippen LogP contribution in [0.4, 0.5) is 11.4 Å². The predicted molar refractivity (Wildman–Crippen MR) is 116 cm³/mol. The number of ether oxygens (including phenoxy) is 1. The van der Waals surface area contributed by atoms with E-state index >= 15 is 0 Å². The number of rotatable bonds is 4. The molecule has 0 unspecified atom stereocenters. The second kappa shape index (κ2) is 8.95. The highest BCUT2D eigenvalue weighted by Crippen LogP contribution is 2.29. The number of methoxy groups -OCH3 is 1. The number of hydrogen-bond donors (Lipinski definition) is 2. The minimum atomic E-state index is -0.793. The number of carbonyl (C=O) groups excluding carboxylic acids is 2. The Kier molecular flexibility index (Phi) is 6.57. The van der Waals surface area contributed by atoms with E-state index in [0.717, 1.165) is 25.2 Å². The van der Waals surface area contributed by atoms with Crippen LogP contribution in [0.15, 0.2) is 48.5 Å². The Bertz CT molecular complexity index is 879. The molecule has 7 heteroatoms. The Morgan fingerprint density at radius 2 is 1.76 bits per heavy atom. The highest BCUT2D eigenvalue weighted by molar-refractivity contribution is 6.07. The standard InChI is InChI=1S/C22H25N3O3.ClH/c1-28-22(11-13-23-14-12-22)21(27)24-18-8-6-17(7-9-18)20(26)25-15-10-16-4-2-3-5-19(16)25;/h2-9,23H,10-15H2,1H3,(H,24,27);1H. The quantitative estimate of drug-likeness (QED) is 0.805. The normalized spacial score (nSPS) is 17.2. The van der Waals surface area contributed by atoms with Gasteiger partial charge in [0.25, 0.3) is 11.8 Å². The largest absolute Gasteiger partial charge is 0.368 e. The van der Waals surface area contributed by atoms with Crippen LogP contribution in [0.25, 0.3) is 0 Å². The summed E-state index contributed by atoms with van der Waals surface area (Å²) in [7, 11) is 1.58. The number of para-hydroxylation sites is 1. The first-order valence-corrected chi connectivity index (χ1v) is 9.70. The molecule has 1 fully saturated rings. The molecule has 4 rings (SSSR count). The molecular formula is C22H26ClN3O3. The van der Waals surface area contributed by atoms with Crippen molar-refractivity contribution in [1.82, 2.24) is 5.32 Å². The Morgan fingerprint density at radius 3 is 2.45 bits per heavy atom. The fourth-order valence-corrected chi connectivity index (χ4v) is 4.00. The number of halogens is 1. The number of hydrogen-bond acceptors (Lipinski definition) is 4. The third-order valence-corrected chi connectivity index (χ3v) is 5.74. The monoisotopic (exact) mass is 415 g/mol. The SMILES string of the molecule is COC1(C(=O)Nc2ccc(C(=O)N3CCc4ccccc43)cc2)CCNCC1.Cl. The van der Waals surface area contributed by atoms with Crippen LogP contribution in [0.5, 0.6) is 0 Å². The summed E-state index contributed by atoms with van der Waals surface area (Å²) < 4.78 is 5.56. The van der Waals surface area contributed by atoms with Crippen molar-refractivity contribution in [3.05, 3.63) is 59.7 Å². The minimum absolute atomic E-state index is 0. The summed E-state index contributed by atoms with van der Waals surface area (Å²) in [5.41, 5.74) is 2.67. The van der Waals surface area contributed by atoms with Crippen LogP contribution < -0.4 is 15.5 Å². The maximum absolute atomic E-state index is 12.9. The van der Waals surface area contributed by atoms with Crippen LogP contribution in [-0.4, -0.2) is 44.2 Å². The van der Waals surface area contributed by atoms with E-state index in [9.17, 15) is 9.59 Å². The average Bonchev–Trinajstić information content (AvgIpc) is 3.18. The van der Waals surface area contributed by atoms with Crippen molar-refractivity contribution >= 4 is 35.6 Å². The summed E-state index contributed by atoms with van der Waals surface area (Å²) in [6, 6.07) is 15.1. The number of nitrogens with zero attached hydrogens (tertiary/aromatic N) is 1. The number of nitrogens with one attached hydrogen (secondary N) is 2. The zero-order valence-electron chi connectivity index (χ0n) is 16.4. The third-order valence-electron chi connectivity index (χ3n) is 5.74. The van der Waals surface area contributed by atoms with Gasteiger partial charge in [-0.1, -0.05) is 18.2 Å². The fraction of sp³-hybridized carbons (Fsp3) is 0.364. The molecule has 2 aliphatic heterocycles. The molecule has 2 aliphatic rings. The van der Waals surface area contributed by atoms with Crippen molar-refractivity contribution in [2.75, 3.05) is 37.0 Å². The molecule has 2 amide bonds. The molecule has 2 aromatic carbocycles. The first-order chi connectivity index (χ1) is 13.6. The van der Waals surface area contributed by atoms with Gasteiger partial charge in [-0.25, -0.2) is 0 Å². The van der Waals surface area contributed by atoms with Gasteiger partial charge < -0.3 is 20.3 Å². The minimum Gasteiger partial charge on any atom is -0.368 e. The average molecular weight is 416 g/mol. The van der Waals surface area contributed by atoms with E-state index in [0.29, 0.717) is 30.6 Å². The second-order valence-corrected chi connectivity index (χ2v) is 7.32. The Labute approximate surface area is 177 Å². The molecule has 0 bridgehead atoms. The molecule has 2 heterocycles. The molecule has 2 aromatic rings. The molecule has 29 heavy (non-hydrogen) atoms. The Hall–Kier alpha value is -2.41. The van der Waals surface area contributed by atoms with Crippen LogP contribution in [0, 0.1) is 0 Å². The molecule has 0 saturated carbocycles. The Balaban J connectivity index is 0.00000240. The summed E-state index contributed by atoms with van der Waals surface area (Å²) in [5.74, 6) is -0.154. The molecule has 0 aromatic heterocycles. The molecule has 1 saturated heterocycles. The van der Waals surface area contributed by atoms with Gasteiger partial charge in [-0.2, -0.15) is 0 Å². The van der Waals surface area contributed by atoms with Crippen LogP contribution in [0.2, 0.25) is 0 Å². The lowest BCUT2D eigenvalue weighted by atomic mass is 9.91. The number of piperidine rings is 1. The third kappa shape index (κ3) is 4.15. The molecule has 154 valence electrons. The molecule has 6 nitrogen and oxygen atoms in total. The van der Waals surface area contributed by atoms with E-state index < -0.39 is 5.60 Å². The number of fused-ring (bicyclic) bond motifs is 1. The molecule has 0 radical (unpaired) electrons. The fourth-order valence-electron chi connectivity index (χ4n) is 4.00. The van der Waals surface area contributed by atoms with Crippen LogP contribution in [-0.2, 0) is 16.0 Å². The summed E-state index contributed by atoms with van der Waals surface area (Å²) >= 11 is 0. The van der Waals surface area contributed by atoms with Crippen molar-refractivity contribution in [3.8, 4) is 0 Å². The van der Waals surface area contributed by atoms with E-state index in [1.807, 2.05) is 23.1 Å². The zero-order chi connectivity index (χ0) is 19.6. The first kappa shape index (κ1) is 21.3. The lowest BCUT2D eigenvalue weighted by Crippen LogP contribution is -2.51. The lowest BCUT2D eigenvalue weighted by molar-refractivity contribution is -0.140. The first-order valence-electron chi connectivity index (χ1n) is 9.70. The van der Waals surface area contributed by atoms with Gasteiger partial charge in [-0.3, -0.25) is 9.59 Å². The zero-order valence-corrected chi connectivity index (χ0v) is 17.3. The van der Waals surface area contributed by atoms with Gasteiger partial charge >= 0.3 is 0 Å². The van der Waals surface area contributed by atoms with Gasteiger partial charge in [-0.05, 0) is 68.2 Å². The molecular weight excluding hydrogens is 390 g/mol. The van der Waals surface area contributed by atoms with E-state index in [1.165, 1.54) is 5.56 Å². The smallest absolute Gasteiger partial charge is 0.258 e. The van der Waals surface area contributed by atoms with E-state index in [-0.39, 0.29) is 24.2 Å². The molecule has 0 atom stereocenters. The molecule has 0 spiro atoms. The maximum atomic E-state index is 12.9. The van der Waals surface area contributed by atoms with Gasteiger partial charge in [0.1, 0.15) is 5.60 Å². The van der Waals surface area contributed by atoms with Gasteiger partial charge in [0.05, 0.1) is 0 Å². The number of benzene rings is 2. The highest BCUT2D eigenvalue weighted by atomic mass is 35.5. The Morgan fingerprint density at radius 1 is 1.07 bits per heavy atom. The summed E-state index contributed by atoms with van der Waals surface area (Å²) in [4.78, 5) is 27.5. The van der Waals surface area contributed by atoms with Crippen LogP contribution >= 0.6 is 12.4 Å². The van der Waals surface area contributed by atoms with Crippen molar-refractivity contribution < 1.29 is 14.3 Å². The lowest BCUT2D eigenvalue weighted by Gasteiger charge is -2.34. The summed E-state index contributed by atoms with van der Waals surface area (Å²) in [6.07, 6.45) is 2.16. The topological polar surface area (TPSA) is 70.7 Å². The summed E-state index contributed by atoms with van der Waals surface area (Å²) in [6.45, 7) is 2.21. The van der Waals surface area contributed by atoms with Gasteiger partial charge in [0.2, 0.25) is 0 Å². The van der Waals surface area contributed by atoms with Crippen LogP contribution in [0.3, 0.4) is 0 Å². The predicted octanol–water partition coefficient (Wildman–Crippen LogP) is 3.02. The van der Waals surface area contributed by atoms with E-state index in [4.69, 9.17) is 4.74 Å². The van der Waals surface area contributed by atoms with Gasteiger partial charge in [-0.15, -0.1) is 12.4 Å². The maximum Gasteiger partial charge on any atom is 0.258 e. The van der Waals surface area contributed by atoms with Gasteiger partial charge in [0.15, 0.2) is 0 Å². The number of carbonyl (C=O) groups is 2. The van der Waals surface area contributed by atoms with Crippen LogP contribution in [0.1, 0.15) is 28.8 Å². The van der Waals surface area contributed by atoms with Crippen molar-refractivity contribution in [3.63, 3.8) is 0 Å². The van der Waals surface area contributed by atoms with Gasteiger partial charge in [0, 0.05) is 30.6 Å². The summed E-state index contributed by atoms with van der Waals surface area (Å²) in [5, 5.41) is 6.18. The van der Waals surface area contributed by atoms with E-state index in [1.54, 1.807) is 31.4 Å². The molecule has 2 N–H and O–H groups in total. The number of amides is 2. The van der Waals surface area contributed by atoms with Crippen molar-refractivity contribution in [2.45, 2.75) is 24.9 Å². The van der Waals surface area contributed by atoms with Crippen molar-refractivity contribution in [2.24, 2.45) is 0 Å². The second-order valence-electron chi connectivity index (χ2n) is 7.32.